The molecule has 0 radical (unpaired) electrons. The lowest BCUT2D eigenvalue weighted by molar-refractivity contribution is -0.384. The highest BCUT2D eigenvalue weighted by atomic mass is 19.1. The quantitative estimate of drug-likeness (QED) is 0.310. The zero-order valence-corrected chi connectivity index (χ0v) is 16.9. The molecule has 0 atom stereocenters. The van der Waals surface area contributed by atoms with Gasteiger partial charge in [-0.25, -0.2) is 4.39 Å². The Balaban J connectivity index is 1.53. The number of amides is 2. The van der Waals surface area contributed by atoms with E-state index in [9.17, 15) is 24.1 Å². The van der Waals surface area contributed by atoms with E-state index in [4.69, 9.17) is 9.15 Å². The van der Waals surface area contributed by atoms with E-state index in [1.54, 1.807) is 24.3 Å². The number of rotatable bonds is 7. The van der Waals surface area contributed by atoms with E-state index < -0.39 is 22.6 Å². The molecule has 3 aromatic carbocycles. The molecule has 0 aliphatic carbocycles. The van der Waals surface area contributed by atoms with Crippen LogP contribution in [0.5, 0.6) is 5.75 Å². The van der Waals surface area contributed by atoms with E-state index in [1.165, 1.54) is 48.5 Å². The van der Waals surface area contributed by atoms with Crippen molar-refractivity contribution in [3.05, 3.63) is 94.5 Å². The van der Waals surface area contributed by atoms with Gasteiger partial charge in [-0.05, 0) is 48.5 Å². The zero-order chi connectivity index (χ0) is 23.4. The van der Waals surface area contributed by atoms with E-state index in [1.807, 2.05) is 0 Å². The zero-order valence-electron chi connectivity index (χ0n) is 16.9. The van der Waals surface area contributed by atoms with Gasteiger partial charge in [0.25, 0.3) is 17.5 Å². The Kier molecular flexibility index (Phi) is 5.98. The molecule has 1 aromatic heterocycles. The number of para-hydroxylation sites is 1. The molecule has 0 bridgehead atoms. The van der Waals surface area contributed by atoms with Gasteiger partial charge in [0.15, 0.2) is 6.61 Å². The lowest BCUT2D eigenvalue weighted by atomic mass is 10.2. The monoisotopic (exact) mass is 449 g/mol. The molecule has 0 aliphatic rings. The Morgan fingerprint density at radius 2 is 1.67 bits per heavy atom. The molecule has 10 heteroatoms. The molecule has 9 nitrogen and oxygen atoms in total. The molecule has 1 heterocycles. The summed E-state index contributed by atoms with van der Waals surface area (Å²) < 4.78 is 24.0. The summed E-state index contributed by atoms with van der Waals surface area (Å²) in [5.41, 5.74) is 0.715. The van der Waals surface area contributed by atoms with Crippen molar-refractivity contribution in [1.82, 2.24) is 0 Å². The van der Waals surface area contributed by atoms with Gasteiger partial charge in [-0.15, -0.1) is 0 Å². The maximum absolute atomic E-state index is 13.0. The summed E-state index contributed by atoms with van der Waals surface area (Å²) in [5.74, 6) is -1.49. The highest BCUT2D eigenvalue weighted by molar-refractivity contribution is 6.14. The molecule has 0 saturated heterocycles. The van der Waals surface area contributed by atoms with Crippen LogP contribution in [0.15, 0.2) is 77.2 Å². The number of benzene rings is 3. The number of nitro groups is 1. The number of anilines is 2. The Labute approximate surface area is 185 Å². The van der Waals surface area contributed by atoms with Crippen LogP contribution in [-0.4, -0.2) is 23.3 Å². The lowest BCUT2D eigenvalue weighted by Crippen LogP contribution is -2.22. The van der Waals surface area contributed by atoms with E-state index in [-0.39, 0.29) is 23.7 Å². The summed E-state index contributed by atoms with van der Waals surface area (Å²) in [6, 6.07) is 17.2. The number of non-ortho nitro benzene ring substituents is 1. The molecule has 2 amide bonds. The summed E-state index contributed by atoms with van der Waals surface area (Å²) in [5, 5.41) is 16.5. The summed E-state index contributed by atoms with van der Waals surface area (Å²) in [7, 11) is 0. The van der Waals surface area contributed by atoms with Crippen LogP contribution < -0.4 is 15.4 Å². The van der Waals surface area contributed by atoms with Gasteiger partial charge in [-0.2, -0.15) is 0 Å². The number of nitrogens with one attached hydrogen (secondary N) is 2. The number of nitrogens with zero attached hydrogens (tertiary/aromatic N) is 1. The molecule has 0 unspecified atom stereocenters. The Hall–Kier alpha value is -4.73. The minimum Gasteiger partial charge on any atom is -0.484 e. The highest BCUT2D eigenvalue weighted by Gasteiger charge is 2.23. The summed E-state index contributed by atoms with van der Waals surface area (Å²) in [6.45, 7) is -0.380. The van der Waals surface area contributed by atoms with Crippen molar-refractivity contribution < 1.29 is 28.1 Å². The molecule has 4 aromatic rings. The van der Waals surface area contributed by atoms with Crippen molar-refractivity contribution in [3.63, 3.8) is 0 Å². The molecule has 0 aliphatic heterocycles. The van der Waals surface area contributed by atoms with Gasteiger partial charge >= 0.3 is 0 Å². The second-order valence-corrected chi connectivity index (χ2v) is 6.85. The van der Waals surface area contributed by atoms with E-state index >= 15 is 0 Å². The molecule has 4 rings (SSSR count). The van der Waals surface area contributed by atoms with Crippen LogP contribution in [0.3, 0.4) is 0 Å². The lowest BCUT2D eigenvalue weighted by Gasteiger charge is -2.09. The van der Waals surface area contributed by atoms with E-state index in [0.29, 0.717) is 22.4 Å². The van der Waals surface area contributed by atoms with Crippen LogP contribution in [-0.2, 0) is 4.79 Å². The van der Waals surface area contributed by atoms with Gasteiger partial charge in [0.2, 0.25) is 5.76 Å². The number of carbonyl (C=O) groups excluding carboxylic acids is 2. The van der Waals surface area contributed by atoms with Crippen LogP contribution in [0.25, 0.3) is 11.0 Å². The van der Waals surface area contributed by atoms with Crippen LogP contribution in [0.2, 0.25) is 0 Å². The maximum Gasteiger partial charge on any atom is 0.293 e. The molecule has 0 fully saturated rings. The normalized spacial score (nSPS) is 10.6. The van der Waals surface area contributed by atoms with Crippen molar-refractivity contribution in [1.29, 1.82) is 0 Å². The fourth-order valence-electron chi connectivity index (χ4n) is 3.04. The number of carbonyl (C=O) groups is 2. The highest BCUT2D eigenvalue weighted by Crippen LogP contribution is 2.31. The van der Waals surface area contributed by atoms with E-state index in [2.05, 4.69) is 10.6 Å². The van der Waals surface area contributed by atoms with Gasteiger partial charge in [0.05, 0.1) is 4.92 Å². The first-order valence-electron chi connectivity index (χ1n) is 9.66. The minimum atomic E-state index is -0.658. The minimum absolute atomic E-state index is 0.120. The standard InChI is InChI=1S/C23H16FN3O6/c24-14-5-11-17(12-6-14)32-13-20(28)26-21-18-3-1-2-4-19(18)33-22(21)23(29)25-15-7-9-16(10-8-15)27(30)31/h1-12H,13H2,(H,25,29)(H,26,28). The first-order valence-corrected chi connectivity index (χ1v) is 9.66. The van der Waals surface area contributed by atoms with Crippen LogP contribution >= 0.6 is 0 Å². The van der Waals surface area contributed by atoms with Crippen molar-refractivity contribution in [2.24, 2.45) is 0 Å². The molecular formula is C23H16FN3O6. The Morgan fingerprint density at radius 3 is 2.36 bits per heavy atom. The van der Waals surface area contributed by atoms with Crippen molar-refractivity contribution >= 4 is 39.8 Å². The first-order chi connectivity index (χ1) is 15.9. The summed E-state index contributed by atoms with van der Waals surface area (Å²) in [4.78, 5) is 35.6. The molecule has 2 N–H and O–H groups in total. The first kappa shape index (κ1) is 21.5. The third-order valence-electron chi connectivity index (χ3n) is 4.59. The molecule has 0 spiro atoms. The number of nitro benzene ring substituents is 1. The number of halogens is 1. The molecule has 166 valence electrons. The van der Waals surface area contributed by atoms with Crippen LogP contribution in [0, 0.1) is 15.9 Å². The number of hydrogen-bond donors (Lipinski definition) is 2. The Morgan fingerprint density at radius 1 is 0.970 bits per heavy atom. The summed E-state index contributed by atoms with van der Waals surface area (Å²) in [6.07, 6.45) is 0. The molecule has 0 saturated carbocycles. The maximum atomic E-state index is 13.0. The van der Waals surface area contributed by atoms with E-state index in [0.717, 1.165) is 0 Å². The van der Waals surface area contributed by atoms with Gasteiger partial charge in [0, 0.05) is 23.2 Å². The van der Waals surface area contributed by atoms with Crippen LogP contribution in [0.4, 0.5) is 21.5 Å². The second-order valence-electron chi connectivity index (χ2n) is 6.85. The smallest absolute Gasteiger partial charge is 0.293 e. The number of fused-ring (bicyclic) bond motifs is 1. The van der Waals surface area contributed by atoms with Crippen molar-refractivity contribution in [2.45, 2.75) is 0 Å². The second kappa shape index (κ2) is 9.18. The fourth-order valence-corrected chi connectivity index (χ4v) is 3.04. The number of hydrogen-bond acceptors (Lipinski definition) is 6. The number of furan rings is 1. The van der Waals surface area contributed by atoms with Gasteiger partial charge < -0.3 is 19.8 Å². The SMILES string of the molecule is O=C(COc1ccc(F)cc1)Nc1c(C(=O)Nc2ccc([N+](=O)[O-])cc2)oc2ccccc12. The van der Waals surface area contributed by atoms with Crippen LogP contribution in [0.1, 0.15) is 10.6 Å². The molecule has 33 heavy (non-hydrogen) atoms. The predicted molar refractivity (Wildman–Crippen MR) is 118 cm³/mol. The Bertz CT molecular complexity index is 1330. The average Bonchev–Trinajstić information content (AvgIpc) is 3.17. The van der Waals surface area contributed by atoms with Gasteiger partial charge in [-0.1, -0.05) is 12.1 Å². The van der Waals surface area contributed by atoms with Crippen molar-refractivity contribution in [2.75, 3.05) is 17.2 Å². The number of ether oxygens (including phenoxy) is 1. The average molecular weight is 449 g/mol. The molecular weight excluding hydrogens is 433 g/mol. The van der Waals surface area contributed by atoms with Gasteiger partial charge in [-0.3, -0.25) is 19.7 Å². The topological polar surface area (TPSA) is 124 Å². The summed E-state index contributed by atoms with van der Waals surface area (Å²) >= 11 is 0. The van der Waals surface area contributed by atoms with Gasteiger partial charge in [0.1, 0.15) is 22.8 Å². The largest absolute Gasteiger partial charge is 0.484 e. The third kappa shape index (κ3) is 4.96. The predicted octanol–water partition coefficient (Wildman–Crippen LogP) is 4.75. The third-order valence-corrected chi connectivity index (χ3v) is 4.59. The van der Waals surface area contributed by atoms with Crippen molar-refractivity contribution in [3.8, 4) is 5.75 Å². The fraction of sp³-hybridized carbons (Fsp3) is 0.0435.